The Morgan fingerprint density at radius 3 is 1.67 bits per heavy atom. The Labute approximate surface area is 262 Å². The zero-order valence-electron chi connectivity index (χ0n) is 26.3. The number of aromatic nitrogens is 2. The first-order valence-electron chi connectivity index (χ1n) is 14.2. The molecular formula is C30H42N6O9. The first-order chi connectivity index (χ1) is 21.3. The van der Waals surface area contributed by atoms with Crippen LogP contribution < -0.4 is 21.3 Å². The third kappa shape index (κ3) is 14.1. The van der Waals surface area contributed by atoms with E-state index in [0.29, 0.717) is 0 Å². The van der Waals surface area contributed by atoms with Gasteiger partial charge in [0.05, 0.1) is 33.5 Å². The number of nitrogens with one attached hydrogen (secondary N) is 4. The topological polar surface area (TPSA) is 196 Å². The molecule has 0 saturated carbocycles. The minimum Gasteiger partial charge on any atom is -0.467 e. The SMILES string of the molecule is COC(=O)[C@H](C)NC(=O)[C@H](COCc1cccnc1)NC(=O)[C@H](C)NC(=O)[C@H](COCc1cccnc1)NC(=O)OC(C)(C)C. The quantitative estimate of drug-likeness (QED) is 0.191. The first kappa shape index (κ1) is 36.6. The predicted octanol–water partition coefficient (Wildman–Crippen LogP) is 0.771. The second-order valence-corrected chi connectivity index (χ2v) is 11.0. The van der Waals surface area contributed by atoms with Crippen LogP contribution >= 0.6 is 0 Å². The molecule has 0 unspecified atom stereocenters. The number of hydrogen-bond donors (Lipinski definition) is 4. The van der Waals surface area contributed by atoms with Gasteiger partial charge in [0.15, 0.2) is 0 Å². The summed E-state index contributed by atoms with van der Waals surface area (Å²) in [6.45, 7) is 7.56. The number of alkyl carbamates (subject to hydrolysis) is 1. The molecule has 4 atom stereocenters. The maximum Gasteiger partial charge on any atom is 0.408 e. The van der Waals surface area contributed by atoms with Crippen LogP contribution in [0.3, 0.4) is 0 Å². The van der Waals surface area contributed by atoms with Gasteiger partial charge in [-0.15, -0.1) is 0 Å². The van der Waals surface area contributed by atoms with Gasteiger partial charge in [-0.1, -0.05) is 12.1 Å². The summed E-state index contributed by atoms with van der Waals surface area (Å²) in [5, 5.41) is 9.99. The molecule has 0 radical (unpaired) electrons. The molecule has 0 aliphatic heterocycles. The molecule has 0 aliphatic rings. The highest BCUT2D eigenvalue weighted by Gasteiger charge is 2.30. The van der Waals surface area contributed by atoms with Crippen molar-refractivity contribution in [2.45, 2.75) is 77.6 Å². The first-order valence-corrected chi connectivity index (χ1v) is 14.2. The van der Waals surface area contributed by atoms with Crippen molar-refractivity contribution in [2.24, 2.45) is 0 Å². The molecule has 0 saturated heterocycles. The van der Waals surface area contributed by atoms with E-state index < -0.39 is 59.6 Å². The van der Waals surface area contributed by atoms with Gasteiger partial charge >= 0.3 is 12.1 Å². The van der Waals surface area contributed by atoms with Crippen molar-refractivity contribution in [3.05, 3.63) is 60.2 Å². The summed E-state index contributed by atoms with van der Waals surface area (Å²) in [5.74, 6) is -2.85. The smallest absolute Gasteiger partial charge is 0.408 e. The van der Waals surface area contributed by atoms with E-state index in [0.717, 1.165) is 11.1 Å². The molecule has 0 aromatic carbocycles. The van der Waals surface area contributed by atoms with E-state index in [1.165, 1.54) is 21.0 Å². The van der Waals surface area contributed by atoms with E-state index in [4.69, 9.17) is 14.2 Å². The van der Waals surface area contributed by atoms with Gasteiger partial charge in [0.2, 0.25) is 17.7 Å². The Kier molecular flexibility index (Phi) is 14.8. The Hall–Kier alpha value is -4.63. The van der Waals surface area contributed by atoms with Crippen LogP contribution in [0, 0.1) is 0 Å². The van der Waals surface area contributed by atoms with Crippen LogP contribution in [-0.2, 0) is 51.3 Å². The van der Waals surface area contributed by atoms with Crippen LogP contribution in [-0.4, -0.2) is 89.8 Å². The molecule has 0 fully saturated rings. The minimum atomic E-state index is -1.24. The maximum absolute atomic E-state index is 13.2. The Morgan fingerprint density at radius 2 is 1.22 bits per heavy atom. The summed E-state index contributed by atoms with van der Waals surface area (Å²) < 4.78 is 21.2. The van der Waals surface area contributed by atoms with Crippen LogP contribution in [0.2, 0.25) is 0 Å². The lowest BCUT2D eigenvalue weighted by Gasteiger charge is -2.25. The van der Waals surface area contributed by atoms with E-state index in [1.807, 2.05) is 0 Å². The van der Waals surface area contributed by atoms with Gasteiger partial charge in [-0.3, -0.25) is 24.4 Å². The third-order valence-corrected chi connectivity index (χ3v) is 5.86. The van der Waals surface area contributed by atoms with Crippen molar-refractivity contribution in [3.63, 3.8) is 0 Å². The van der Waals surface area contributed by atoms with Crippen LogP contribution in [0.25, 0.3) is 0 Å². The van der Waals surface area contributed by atoms with E-state index >= 15 is 0 Å². The zero-order chi connectivity index (χ0) is 33.4. The number of nitrogens with zero attached hydrogens (tertiary/aromatic N) is 2. The maximum atomic E-state index is 13.2. The lowest BCUT2D eigenvalue weighted by Crippen LogP contribution is -2.58. The van der Waals surface area contributed by atoms with Crippen LogP contribution in [0.15, 0.2) is 49.1 Å². The summed E-state index contributed by atoms with van der Waals surface area (Å²) >= 11 is 0. The molecule has 0 aliphatic carbocycles. The molecule has 246 valence electrons. The molecule has 0 bridgehead atoms. The van der Waals surface area contributed by atoms with Gasteiger partial charge in [-0.2, -0.15) is 0 Å². The molecule has 45 heavy (non-hydrogen) atoms. The lowest BCUT2D eigenvalue weighted by molar-refractivity contribution is -0.145. The van der Waals surface area contributed by atoms with Crippen molar-refractivity contribution in [1.29, 1.82) is 0 Å². The Balaban J connectivity index is 2.07. The average Bonchev–Trinajstić information content (AvgIpc) is 2.99. The fourth-order valence-corrected chi connectivity index (χ4v) is 3.60. The highest BCUT2D eigenvalue weighted by atomic mass is 16.6. The number of rotatable bonds is 16. The summed E-state index contributed by atoms with van der Waals surface area (Å²) in [6, 6.07) is 2.40. The molecule has 2 heterocycles. The second-order valence-electron chi connectivity index (χ2n) is 11.0. The largest absolute Gasteiger partial charge is 0.467 e. The normalized spacial score (nSPS) is 13.7. The minimum absolute atomic E-state index is 0.101. The molecule has 4 N–H and O–H groups in total. The van der Waals surface area contributed by atoms with E-state index in [2.05, 4.69) is 36.0 Å². The Bertz CT molecular complexity index is 1260. The fraction of sp³-hybridized carbons (Fsp3) is 0.500. The van der Waals surface area contributed by atoms with Gasteiger partial charge in [0.25, 0.3) is 0 Å². The number of carbonyl (C=O) groups excluding carboxylic acids is 5. The Morgan fingerprint density at radius 1 is 0.733 bits per heavy atom. The lowest BCUT2D eigenvalue weighted by atomic mass is 10.2. The van der Waals surface area contributed by atoms with E-state index in [-0.39, 0.29) is 26.4 Å². The van der Waals surface area contributed by atoms with Gasteiger partial charge in [-0.05, 0) is 57.9 Å². The van der Waals surface area contributed by atoms with Crippen molar-refractivity contribution in [2.75, 3.05) is 20.3 Å². The highest BCUT2D eigenvalue weighted by Crippen LogP contribution is 2.08. The number of methoxy groups -OCH3 is 1. The third-order valence-electron chi connectivity index (χ3n) is 5.86. The van der Waals surface area contributed by atoms with Crippen LogP contribution in [0.1, 0.15) is 45.7 Å². The van der Waals surface area contributed by atoms with Gasteiger partial charge < -0.3 is 40.2 Å². The number of carbonyl (C=O) groups is 5. The van der Waals surface area contributed by atoms with Crippen LogP contribution in [0.4, 0.5) is 4.79 Å². The molecule has 0 spiro atoms. The zero-order valence-corrected chi connectivity index (χ0v) is 26.3. The number of amides is 4. The number of esters is 1. The number of hydrogen-bond acceptors (Lipinski definition) is 11. The fourth-order valence-electron chi connectivity index (χ4n) is 3.60. The summed E-state index contributed by atoms with van der Waals surface area (Å²) in [4.78, 5) is 71.6. The standard InChI is InChI=1S/C30H42N6O9/c1-19(33-27(39)24(36-29(41)45-30(3,4)5)18-44-16-22-10-8-12-32-14-22)25(37)35-23(26(38)34-20(2)28(40)42-6)17-43-15-21-9-7-11-31-13-21/h7-14,19-20,23-24H,15-18H2,1-6H3,(H,33,39)(H,34,38)(H,35,37)(H,36,41)/t19-,20-,23-,24-/m0/s1. The van der Waals surface area contributed by atoms with Crippen molar-refractivity contribution in [3.8, 4) is 0 Å². The molecule has 2 rings (SSSR count). The van der Waals surface area contributed by atoms with E-state index in [9.17, 15) is 24.0 Å². The van der Waals surface area contributed by atoms with Crippen molar-refractivity contribution in [1.82, 2.24) is 31.2 Å². The molecule has 15 heteroatoms. The van der Waals surface area contributed by atoms with E-state index in [1.54, 1.807) is 69.8 Å². The number of ether oxygens (including phenoxy) is 4. The molecule has 4 amide bonds. The molecular weight excluding hydrogens is 588 g/mol. The van der Waals surface area contributed by atoms with Gasteiger partial charge in [0.1, 0.15) is 29.8 Å². The predicted molar refractivity (Wildman–Crippen MR) is 160 cm³/mol. The average molecular weight is 631 g/mol. The van der Waals surface area contributed by atoms with Gasteiger partial charge in [0, 0.05) is 24.8 Å². The summed E-state index contributed by atoms with van der Waals surface area (Å²) in [5.41, 5.74) is 0.661. The molecule has 2 aromatic rings. The molecule has 2 aromatic heterocycles. The highest BCUT2D eigenvalue weighted by molar-refractivity contribution is 5.94. The number of pyridine rings is 2. The summed E-state index contributed by atoms with van der Waals surface area (Å²) in [7, 11) is 1.18. The van der Waals surface area contributed by atoms with Gasteiger partial charge in [-0.25, -0.2) is 9.59 Å². The monoisotopic (exact) mass is 630 g/mol. The van der Waals surface area contributed by atoms with Crippen molar-refractivity contribution >= 4 is 29.8 Å². The van der Waals surface area contributed by atoms with Crippen molar-refractivity contribution < 1.29 is 42.9 Å². The molecule has 15 nitrogen and oxygen atoms in total. The second kappa shape index (κ2) is 18.2. The van der Waals surface area contributed by atoms with Crippen LogP contribution in [0.5, 0.6) is 0 Å². The summed E-state index contributed by atoms with van der Waals surface area (Å²) in [6.07, 6.45) is 5.54.